The zero-order chi connectivity index (χ0) is 26.1. The summed E-state index contributed by atoms with van der Waals surface area (Å²) in [6.07, 6.45) is -4.48. The number of sulfonamides is 1. The second-order valence-corrected chi connectivity index (χ2v) is 9.26. The molecule has 0 saturated heterocycles. The minimum Gasteiger partial charge on any atom is -0.481 e. The van der Waals surface area contributed by atoms with E-state index in [0.717, 1.165) is 12.1 Å². The quantitative estimate of drug-likeness (QED) is 0.354. The number of anilines is 3. The molecule has 0 aliphatic carbocycles. The lowest BCUT2D eigenvalue weighted by molar-refractivity contribution is -0.137. The lowest BCUT2D eigenvalue weighted by Gasteiger charge is -2.14. The number of rotatable bonds is 7. The van der Waals surface area contributed by atoms with Crippen LogP contribution in [0.3, 0.4) is 0 Å². The number of alkyl halides is 3. The molecule has 2 heterocycles. The summed E-state index contributed by atoms with van der Waals surface area (Å²) in [5.74, 6) is 0.0687. The van der Waals surface area contributed by atoms with Gasteiger partial charge in [0.15, 0.2) is 5.82 Å². The van der Waals surface area contributed by atoms with Crippen molar-refractivity contribution in [2.24, 2.45) is 0 Å². The maximum Gasteiger partial charge on any atom is 0.416 e. The Labute approximate surface area is 204 Å². The Morgan fingerprint density at radius 2 is 1.61 bits per heavy atom. The first-order chi connectivity index (χ1) is 17.0. The maximum atomic E-state index is 13.1. The second kappa shape index (κ2) is 9.49. The first kappa shape index (κ1) is 25.0. The largest absolute Gasteiger partial charge is 0.481 e. The molecule has 2 aromatic heterocycles. The summed E-state index contributed by atoms with van der Waals surface area (Å²) in [6, 6.07) is 12.1. The first-order valence-corrected chi connectivity index (χ1v) is 11.8. The summed E-state index contributed by atoms with van der Waals surface area (Å²) in [5, 5.41) is 3.60. The van der Waals surface area contributed by atoms with E-state index in [1.807, 2.05) is 0 Å². The Balaban J connectivity index is 1.59. The number of ether oxygens (including phenoxy) is 2. The number of halogens is 3. The molecule has 0 radical (unpaired) electrons. The van der Waals surface area contributed by atoms with Crippen LogP contribution in [-0.2, 0) is 16.2 Å². The van der Waals surface area contributed by atoms with E-state index < -0.39 is 21.8 Å². The number of pyridine rings is 1. The van der Waals surface area contributed by atoms with Crippen molar-refractivity contribution < 1.29 is 31.1 Å². The fourth-order valence-corrected chi connectivity index (χ4v) is 4.35. The number of benzene rings is 2. The van der Waals surface area contributed by atoms with Crippen LogP contribution >= 0.6 is 0 Å². The van der Waals surface area contributed by atoms with Crippen molar-refractivity contribution in [2.45, 2.75) is 18.0 Å². The standard InChI is InChI=1S/C23H20F3N5O4S/c1-13-10-18(17-9-4-14(23(24,25)26)11-19(17)27-13)28-15-5-7-16(8-6-15)36(32,33)31-20-12-21(34-2)30-22(29-20)35-3/h4-12H,1-3H3,(H,27,28)(H,29,30,31). The average molecular weight is 520 g/mol. The number of methoxy groups -OCH3 is 2. The van der Waals surface area contributed by atoms with Crippen LogP contribution < -0.4 is 19.5 Å². The molecule has 0 fully saturated rings. The highest BCUT2D eigenvalue weighted by molar-refractivity contribution is 7.92. The van der Waals surface area contributed by atoms with Gasteiger partial charge in [0.05, 0.1) is 30.2 Å². The van der Waals surface area contributed by atoms with Crippen molar-refractivity contribution in [3.05, 3.63) is 65.9 Å². The van der Waals surface area contributed by atoms with Crippen LogP contribution in [0.4, 0.5) is 30.4 Å². The van der Waals surface area contributed by atoms with Crippen molar-refractivity contribution in [1.29, 1.82) is 0 Å². The molecule has 13 heteroatoms. The number of hydrogen-bond donors (Lipinski definition) is 2. The first-order valence-electron chi connectivity index (χ1n) is 10.3. The summed E-state index contributed by atoms with van der Waals surface area (Å²) in [5.41, 5.74) is 0.959. The van der Waals surface area contributed by atoms with Gasteiger partial charge in [0.25, 0.3) is 10.0 Å². The van der Waals surface area contributed by atoms with E-state index >= 15 is 0 Å². The maximum absolute atomic E-state index is 13.1. The van der Waals surface area contributed by atoms with Crippen molar-refractivity contribution >= 4 is 38.1 Å². The lowest BCUT2D eigenvalue weighted by atomic mass is 10.1. The Bertz CT molecular complexity index is 1510. The fourth-order valence-electron chi connectivity index (χ4n) is 3.36. The van der Waals surface area contributed by atoms with Gasteiger partial charge in [-0.2, -0.15) is 23.1 Å². The van der Waals surface area contributed by atoms with Gasteiger partial charge in [-0.25, -0.2) is 8.42 Å². The van der Waals surface area contributed by atoms with Crippen LogP contribution in [0.5, 0.6) is 11.9 Å². The third-order valence-electron chi connectivity index (χ3n) is 5.02. The molecule has 0 unspecified atom stereocenters. The van der Waals surface area contributed by atoms with Gasteiger partial charge in [-0.1, -0.05) is 6.07 Å². The van der Waals surface area contributed by atoms with Gasteiger partial charge in [0.1, 0.15) is 0 Å². The van der Waals surface area contributed by atoms with E-state index in [-0.39, 0.29) is 28.1 Å². The molecule has 4 aromatic rings. The second-order valence-electron chi connectivity index (χ2n) is 7.58. The van der Waals surface area contributed by atoms with Crippen LogP contribution in [0.1, 0.15) is 11.3 Å². The molecule has 0 spiro atoms. The Kier molecular flexibility index (Phi) is 6.59. The number of nitrogens with zero attached hydrogens (tertiary/aromatic N) is 3. The summed E-state index contributed by atoms with van der Waals surface area (Å²) < 4.78 is 77.2. The molecule has 0 amide bonds. The summed E-state index contributed by atoms with van der Waals surface area (Å²) >= 11 is 0. The van der Waals surface area contributed by atoms with Crippen LogP contribution in [0.15, 0.2) is 59.5 Å². The van der Waals surface area contributed by atoms with Crippen LogP contribution in [0.25, 0.3) is 10.9 Å². The number of aromatic nitrogens is 3. The predicted octanol–water partition coefficient (Wildman–Crippen LogP) is 4.91. The summed E-state index contributed by atoms with van der Waals surface area (Å²) in [4.78, 5) is 12.0. The zero-order valence-corrected chi connectivity index (χ0v) is 20.0. The molecule has 188 valence electrons. The third-order valence-corrected chi connectivity index (χ3v) is 6.39. The summed E-state index contributed by atoms with van der Waals surface area (Å²) in [6.45, 7) is 1.67. The van der Waals surface area contributed by atoms with Gasteiger partial charge < -0.3 is 14.8 Å². The Hall–Kier alpha value is -4.13. The minimum absolute atomic E-state index is 0.0436. The molecule has 0 bridgehead atoms. The van der Waals surface area contributed by atoms with E-state index in [2.05, 4.69) is 25.0 Å². The van der Waals surface area contributed by atoms with E-state index in [0.29, 0.717) is 22.5 Å². The molecular weight excluding hydrogens is 499 g/mol. The molecule has 0 atom stereocenters. The normalized spacial score (nSPS) is 11.8. The van der Waals surface area contributed by atoms with E-state index in [9.17, 15) is 21.6 Å². The highest BCUT2D eigenvalue weighted by Crippen LogP contribution is 2.34. The van der Waals surface area contributed by atoms with Crippen LogP contribution in [0, 0.1) is 6.92 Å². The van der Waals surface area contributed by atoms with Crippen molar-refractivity contribution in [1.82, 2.24) is 15.0 Å². The molecule has 2 aromatic carbocycles. The van der Waals surface area contributed by atoms with Gasteiger partial charge in [0.2, 0.25) is 5.88 Å². The fraction of sp³-hybridized carbons (Fsp3) is 0.174. The molecule has 0 aliphatic heterocycles. The number of fused-ring (bicyclic) bond motifs is 1. The van der Waals surface area contributed by atoms with E-state index in [1.165, 1.54) is 50.6 Å². The van der Waals surface area contributed by atoms with Crippen LogP contribution in [-0.4, -0.2) is 37.6 Å². The SMILES string of the molecule is COc1cc(NS(=O)(=O)c2ccc(Nc3cc(C)nc4cc(C(F)(F)F)ccc34)cc2)nc(OC)n1. The van der Waals surface area contributed by atoms with Crippen molar-refractivity contribution in [3.63, 3.8) is 0 Å². The Morgan fingerprint density at radius 3 is 2.25 bits per heavy atom. The van der Waals surface area contributed by atoms with E-state index in [4.69, 9.17) is 9.47 Å². The smallest absolute Gasteiger partial charge is 0.416 e. The van der Waals surface area contributed by atoms with Gasteiger partial charge in [-0.05, 0) is 49.4 Å². The highest BCUT2D eigenvalue weighted by Gasteiger charge is 2.30. The topological polar surface area (TPSA) is 115 Å². The van der Waals surface area contributed by atoms with Gasteiger partial charge in [-0.3, -0.25) is 9.71 Å². The monoisotopic (exact) mass is 519 g/mol. The van der Waals surface area contributed by atoms with Gasteiger partial charge in [-0.15, -0.1) is 0 Å². The molecule has 4 rings (SSSR count). The zero-order valence-electron chi connectivity index (χ0n) is 19.2. The number of aryl methyl sites for hydroxylation is 1. The van der Waals surface area contributed by atoms with E-state index in [1.54, 1.807) is 13.0 Å². The predicted molar refractivity (Wildman–Crippen MR) is 127 cm³/mol. The number of nitrogens with one attached hydrogen (secondary N) is 2. The van der Waals surface area contributed by atoms with Crippen molar-refractivity contribution in [2.75, 3.05) is 24.3 Å². The third kappa shape index (κ3) is 5.40. The molecule has 0 aliphatic rings. The molecule has 2 N–H and O–H groups in total. The highest BCUT2D eigenvalue weighted by atomic mass is 32.2. The van der Waals surface area contributed by atoms with Crippen LogP contribution in [0.2, 0.25) is 0 Å². The summed E-state index contributed by atoms with van der Waals surface area (Å²) in [7, 11) is -1.30. The lowest BCUT2D eigenvalue weighted by Crippen LogP contribution is -2.14. The average Bonchev–Trinajstić information content (AvgIpc) is 2.82. The van der Waals surface area contributed by atoms with Gasteiger partial charge in [0, 0.05) is 28.5 Å². The molecule has 9 nitrogen and oxygen atoms in total. The minimum atomic E-state index is -4.48. The number of hydrogen-bond acceptors (Lipinski definition) is 8. The molecular formula is C23H20F3N5O4S. The Morgan fingerprint density at radius 1 is 0.889 bits per heavy atom. The molecule has 0 saturated carbocycles. The van der Waals surface area contributed by atoms with Crippen molar-refractivity contribution in [3.8, 4) is 11.9 Å². The van der Waals surface area contributed by atoms with Gasteiger partial charge >= 0.3 is 12.2 Å². The molecule has 36 heavy (non-hydrogen) atoms.